The lowest BCUT2D eigenvalue weighted by molar-refractivity contribution is -0.120. The number of thiophene rings is 1. The number of nitrogens with zero attached hydrogens (tertiary/aromatic N) is 4. The van der Waals surface area contributed by atoms with Crippen molar-refractivity contribution in [2.45, 2.75) is 26.7 Å². The lowest BCUT2D eigenvalue weighted by atomic mass is 9.95. The summed E-state index contributed by atoms with van der Waals surface area (Å²) in [7, 11) is 0. The third kappa shape index (κ3) is 4.04. The highest BCUT2D eigenvalue weighted by Gasteiger charge is 2.27. The maximum absolute atomic E-state index is 13.1. The number of imidazole rings is 1. The molecule has 1 saturated heterocycles. The Labute approximate surface area is 207 Å². The molecule has 8 heteroatoms. The van der Waals surface area contributed by atoms with E-state index in [0.29, 0.717) is 0 Å². The van der Waals surface area contributed by atoms with Gasteiger partial charge in [-0.15, -0.1) is 11.3 Å². The maximum atomic E-state index is 13.1. The summed E-state index contributed by atoms with van der Waals surface area (Å²) >= 11 is 1.72. The normalized spacial score (nSPS) is 14.6. The molecule has 0 radical (unpaired) electrons. The molecular formula is C27H26N6OS. The number of fused-ring (bicyclic) bond motifs is 2. The van der Waals surface area contributed by atoms with Crippen molar-refractivity contribution in [2.24, 2.45) is 5.92 Å². The molecule has 4 heterocycles. The number of carbonyl (C=O) groups excluding carboxylic acids is 1. The van der Waals surface area contributed by atoms with E-state index in [-0.39, 0.29) is 11.8 Å². The molecule has 1 aliphatic heterocycles. The Morgan fingerprint density at radius 1 is 1.09 bits per heavy atom. The highest BCUT2D eigenvalue weighted by atomic mass is 32.1. The average Bonchev–Trinajstić information content (AvgIpc) is 3.45. The van der Waals surface area contributed by atoms with Gasteiger partial charge >= 0.3 is 0 Å². The summed E-state index contributed by atoms with van der Waals surface area (Å²) in [6, 6.07) is 15.8. The lowest BCUT2D eigenvalue weighted by Crippen LogP contribution is -2.38. The molecule has 2 N–H and O–H groups in total. The fourth-order valence-corrected chi connectivity index (χ4v) is 5.83. The molecule has 2 aromatic carbocycles. The van der Waals surface area contributed by atoms with Crippen molar-refractivity contribution in [2.75, 3.05) is 23.3 Å². The Kier molecular flexibility index (Phi) is 5.45. The molecule has 3 aromatic heterocycles. The smallest absolute Gasteiger partial charge is 0.227 e. The van der Waals surface area contributed by atoms with E-state index in [2.05, 4.69) is 44.0 Å². The number of anilines is 2. The summed E-state index contributed by atoms with van der Waals surface area (Å²) in [6.45, 7) is 5.88. The Bertz CT molecular complexity index is 1510. The minimum absolute atomic E-state index is 0.0243. The Balaban J connectivity index is 1.14. The number of nitrogens with one attached hydrogen (secondary N) is 2. The number of rotatable bonds is 4. The molecule has 0 saturated carbocycles. The van der Waals surface area contributed by atoms with Crippen LogP contribution in [0.3, 0.4) is 0 Å². The zero-order valence-corrected chi connectivity index (χ0v) is 20.5. The van der Waals surface area contributed by atoms with Gasteiger partial charge in [-0.1, -0.05) is 24.3 Å². The van der Waals surface area contributed by atoms with E-state index in [1.165, 1.54) is 10.4 Å². The molecular weight excluding hydrogens is 456 g/mol. The topological polar surface area (TPSA) is 86.8 Å². The van der Waals surface area contributed by atoms with Crippen LogP contribution in [-0.2, 0) is 4.79 Å². The van der Waals surface area contributed by atoms with E-state index in [4.69, 9.17) is 0 Å². The molecule has 0 aliphatic carbocycles. The predicted molar refractivity (Wildman–Crippen MR) is 142 cm³/mol. The lowest BCUT2D eigenvalue weighted by Gasteiger charge is -2.32. The van der Waals surface area contributed by atoms with Crippen LogP contribution in [0.25, 0.3) is 32.6 Å². The van der Waals surface area contributed by atoms with E-state index >= 15 is 0 Å². The fraction of sp³-hybridized carbons (Fsp3) is 0.259. The van der Waals surface area contributed by atoms with Gasteiger partial charge in [-0.05, 0) is 56.5 Å². The second kappa shape index (κ2) is 8.78. The molecule has 1 fully saturated rings. The van der Waals surface area contributed by atoms with Crippen LogP contribution in [-0.4, -0.2) is 38.9 Å². The van der Waals surface area contributed by atoms with Gasteiger partial charge in [0.05, 0.1) is 16.4 Å². The highest BCUT2D eigenvalue weighted by Crippen LogP contribution is 2.35. The monoisotopic (exact) mass is 482 g/mol. The van der Waals surface area contributed by atoms with Gasteiger partial charge in [0.15, 0.2) is 0 Å². The SMILES string of the molecule is Cc1sc2ncnc(N3CCC(C(=O)Nc4cccc(-c5nc6ccccc6[nH]5)c4)CC3)c2c1C. The summed E-state index contributed by atoms with van der Waals surface area (Å²) in [5, 5.41) is 4.28. The zero-order valence-electron chi connectivity index (χ0n) is 19.7. The van der Waals surface area contributed by atoms with E-state index < -0.39 is 0 Å². The molecule has 0 spiro atoms. The number of carbonyl (C=O) groups is 1. The maximum Gasteiger partial charge on any atom is 0.227 e. The van der Waals surface area contributed by atoms with E-state index in [0.717, 1.165) is 70.1 Å². The van der Waals surface area contributed by atoms with Crippen LogP contribution in [0.1, 0.15) is 23.3 Å². The minimum Gasteiger partial charge on any atom is -0.356 e. The van der Waals surface area contributed by atoms with Gasteiger partial charge in [0.2, 0.25) is 5.91 Å². The molecule has 1 aliphatic rings. The Morgan fingerprint density at radius 2 is 1.91 bits per heavy atom. The van der Waals surface area contributed by atoms with Crippen LogP contribution >= 0.6 is 11.3 Å². The van der Waals surface area contributed by atoms with Gasteiger partial charge in [-0.3, -0.25) is 4.79 Å². The molecule has 5 aromatic rings. The second-order valence-electron chi connectivity index (χ2n) is 9.09. The number of hydrogen-bond donors (Lipinski definition) is 2. The molecule has 0 bridgehead atoms. The van der Waals surface area contributed by atoms with Crippen molar-refractivity contribution < 1.29 is 4.79 Å². The second-order valence-corrected chi connectivity index (χ2v) is 10.3. The van der Waals surface area contributed by atoms with Gasteiger partial charge in [-0.25, -0.2) is 15.0 Å². The molecule has 0 unspecified atom stereocenters. The first-order chi connectivity index (χ1) is 17.1. The zero-order chi connectivity index (χ0) is 23.9. The Morgan fingerprint density at radius 3 is 2.74 bits per heavy atom. The molecule has 6 rings (SSSR count). The van der Waals surface area contributed by atoms with Gasteiger partial charge in [0.1, 0.15) is 22.8 Å². The van der Waals surface area contributed by atoms with Gasteiger partial charge in [0, 0.05) is 35.1 Å². The van der Waals surface area contributed by atoms with Gasteiger partial charge in [0.25, 0.3) is 0 Å². The number of amides is 1. The fourth-order valence-electron chi connectivity index (χ4n) is 4.84. The third-order valence-corrected chi connectivity index (χ3v) is 8.02. The third-order valence-electron chi connectivity index (χ3n) is 6.90. The van der Waals surface area contributed by atoms with Crippen molar-refractivity contribution in [3.8, 4) is 11.4 Å². The number of aromatic amines is 1. The quantitative estimate of drug-likeness (QED) is 0.343. The van der Waals surface area contributed by atoms with E-state index in [9.17, 15) is 4.79 Å². The summed E-state index contributed by atoms with van der Waals surface area (Å²) in [6.07, 6.45) is 3.24. The van der Waals surface area contributed by atoms with Crippen molar-refractivity contribution >= 4 is 50.0 Å². The van der Waals surface area contributed by atoms with Crippen LogP contribution in [0.4, 0.5) is 11.5 Å². The number of aryl methyl sites for hydroxylation is 2. The van der Waals surface area contributed by atoms with Crippen LogP contribution in [0, 0.1) is 19.8 Å². The standard InChI is InChI=1S/C27H26N6OS/c1-16-17(2)35-27-23(16)25(28-15-29-27)33-12-10-18(11-13-33)26(34)30-20-7-5-6-19(14-20)24-31-21-8-3-4-9-22(21)32-24/h3-9,14-15,18H,10-13H2,1-2H3,(H,30,34)(H,31,32). The first-order valence-corrected chi connectivity index (χ1v) is 12.7. The molecule has 1 amide bonds. The van der Waals surface area contributed by atoms with Crippen LogP contribution in [0.15, 0.2) is 54.9 Å². The predicted octanol–water partition coefficient (Wildman–Crippen LogP) is 5.71. The summed E-state index contributed by atoms with van der Waals surface area (Å²) in [5.41, 5.74) is 4.92. The molecule has 7 nitrogen and oxygen atoms in total. The summed E-state index contributed by atoms with van der Waals surface area (Å²) < 4.78 is 0. The minimum atomic E-state index is -0.0243. The summed E-state index contributed by atoms with van der Waals surface area (Å²) in [4.78, 5) is 34.8. The first kappa shape index (κ1) is 21.7. The number of aromatic nitrogens is 4. The molecule has 0 atom stereocenters. The average molecular weight is 483 g/mol. The van der Waals surface area contributed by atoms with Crippen molar-refractivity contribution in [3.05, 3.63) is 65.3 Å². The van der Waals surface area contributed by atoms with Gasteiger partial charge in [-0.2, -0.15) is 0 Å². The molecule has 176 valence electrons. The number of H-pyrrole nitrogens is 1. The van der Waals surface area contributed by atoms with Crippen molar-refractivity contribution in [1.82, 2.24) is 19.9 Å². The first-order valence-electron chi connectivity index (χ1n) is 11.9. The van der Waals surface area contributed by atoms with Crippen molar-refractivity contribution in [3.63, 3.8) is 0 Å². The van der Waals surface area contributed by atoms with E-state index in [1.54, 1.807) is 17.7 Å². The van der Waals surface area contributed by atoms with Crippen LogP contribution in [0.2, 0.25) is 0 Å². The number of piperidine rings is 1. The van der Waals surface area contributed by atoms with Crippen LogP contribution in [0.5, 0.6) is 0 Å². The summed E-state index contributed by atoms with van der Waals surface area (Å²) in [5.74, 6) is 1.84. The van der Waals surface area contributed by atoms with E-state index in [1.807, 2.05) is 48.5 Å². The highest BCUT2D eigenvalue weighted by molar-refractivity contribution is 7.18. The number of para-hydroxylation sites is 2. The van der Waals surface area contributed by atoms with Crippen molar-refractivity contribution in [1.29, 1.82) is 0 Å². The van der Waals surface area contributed by atoms with Crippen LogP contribution < -0.4 is 10.2 Å². The largest absolute Gasteiger partial charge is 0.356 e. The number of benzene rings is 2. The molecule has 35 heavy (non-hydrogen) atoms. The Hall–Kier alpha value is -3.78. The number of hydrogen-bond acceptors (Lipinski definition) is 6. The van der Waals surface area contributed by atoms with Gasteiger partial charge < -0.3 is 15.2 Å².